The summed E-state index contributed by atoms with van der Waals surface area (Å²) in [7, 11) is 0. The van der Waals surface area contributed by atoms with Gasteiger partial charge in [-0.05, 0) is 22.0 Å². The highest BCUT2D eigenvalue weighted by Crippen LogP contribution is 2.25. The summed E-state index contributed by atoms with van der Waals surface area (Å²) in [5, 5.41) is 0. The molecule has 1 aliphatic heterocycles. The maximum atomic E-state index is 13.3. The molecule has 1 aliphatic rings. The van der Waals surface area contributed by atoms with Crippen LogP contribution in [0.15, 0.2) is 16.6 Å². The van der Waals surface area contributed by atoms with Crippen molar-refractivity contribution in [3.63, 3.8) is 0 Å². The molecular weight excluding hydrogens is 298 g/mol. The quantitative estimate of drug-likeness (QED) is 0.801. The molecule has 2 rings (SSSR count). The highest BCUT2D eigenvalue weighted by Gasteiger charge is 2.16. The molecule has 0 radical (unpaired) electrons. The molecule has 0 unspecified atom stereocenters. The van der Waals surface area contributed by atoms with Crippen LogP contribution in [0.1, 0.15) is 6.42 Å². The van der Waals surface area contributed by atoms with E-state index in [0.29, 0.717) is 19.6 Å². The minimum absolute atomic E-state index is 0.0739. The van der Waals surface area contributed by atoms with Gasteiger partial charge in [-0.2, -0.15) is 0 Å². The summed E-state index contributed by atoms with van der Waals surface area (Å²) in [6, 6.07) is 2.04. The predicted molar refractivity (Wildman–Crippen MR) is 59.9 cm³/mol. The van der Waals surface area contributed by atoms with E-state index in [4.69, 9.17) is 14.2 Å². The number of benzene rings is 1. The molecule has 0 saturated carbocycles. The van der Waals surface area contributed by atoms with Crippen molar-refractivity contribution in [1.29, 1.82) is 0 Å². The highest BCUT2D eigenvalue weighted by molar-refractivity contribution is 9.10. The first kappa shape index (κ1) is 12.7. The molecule has 0 bridgehead atoms. The molecule has 1 aromatic carbocycles. The fourth-order valence-corrected chi connectivity index (χ4v) is 1.77. The molecule has 0 aromatic heterocycles. The van der Waals surface area contributed by atoms with Gasteiger partial charge in [-0.25, -0.2) is 8.78 Å². The molecule has 1 heterocycles. The van der Waals surface area contributed by atoms with Crippen molar-refractivity contribution in [2.24, 2.45) is 0 Å². The van der Waals surface area contributed by atoms with Crippen molar-refractivity contribution in [3.8, 4) is 5.75 Å². The van der Waals surface area contributed by atoms with E-state index in [1.807, 2.05) is 0 Å². The SMILES string of the molecule is Fc1cc(OCCC2OCCO2)c(F)cc1Br. The third-order valence-electron chi connectivity index (χ3n) is 2.28. The third kappa shape index (κ3) is 3.37. The molecule has 0 spiro atoms. The Kier molecular flexibility index (Phi) is 4.31. The molecule has 1 saturated heterocycles. The lowest BCUT2D eigenvalue weighted by molar-refractivity contribution is -0.0533. The first-order valence-electron chi connectivity index (χ1n) is 5.17. The van der Waals surface area contributed by atoms with E-state index in [9.17, 15) is 8.78 Å². The van der Waals surface area contributed by atoms with Gasteiger partial charge >= 0.3 is 0 Å². The van der Waals surface area contributed by atoms with E-state index >= 15 is 0 Å². The van der Waals surface area contributed by atoms with Crippen molar-refractivity contribution in [3.05, 3.63) is 28.2 Å². The molecule has 0 N–H and O–H groups in total. The largest absolute Gasteiger partial charge is 0.490 e. The number of rotatable bonds is 4. The Balaban J connectivity index is 1.87. The van der Waals surface area contributed by atoms with E-state index in [1.165, 1.54) is 0 Å². The lowest BCUT2D eigenvalue weighted by Gasteiger charge is -2.11. The van der Waals surface area contributed by atoms with E-state index in [0.717, 1.165) is 12.1 Å². The van der Waals surface area contributed by atoms with Crippen LogP contribution in [-0.2, 0) is 9.47 Å². The van der Waals surface area contributed by atoms with Crippen LogP contribution in [0.25, 0.3) is 0 Å². The van der Waals surface area contributed by atoms with Crippen LogP contribution < -0.4 is 4.74 Å². The van der Waals surface area contributed by atoms with Crippen molar-refractivity contribution in [2.45, 2.75) is 12.7 Å². The summed E-state index contributed by atoms with van der Waals surface area (Å²) in [4.78, 5) is 0. The fourth-order valence-electron chi connectivity index (χ4n) is 1.45. The molecule has 17 heavy (non-hydrogen) atoms. The second-order valence-electron chi connectivity index (χ2n) is 3.51. The van der Waals surface area contributed by atoms with Crippen molar-refractivity contribution < 1.29 is 23.0 Å². The zero-order chi connectivity index (χ0) is 12.3. The number of hydrogen-bond donors (Lipinski definition) is 0. The Morgan fingerprint density at radius 3 is 2.65 bits per heavy atom. The minimum atomic E-state index is -0.605. The molecule has 3 nitrogen and oxygen atoms in total. The standard InChI is InChI=1S/C11H11BrF2O3/c12-7-5-9(14)10(6-8(7)13)15-2-1-11-16-3-4-17-11/h5-6,11H,1-4H2. The first-order chi connectivity index (χ1) is 8.16. The number of ether oxygens (including phenoxy) is 3. The van der Waals surface area contributed by atoms with Crippen molar-refractivity contribution in [1.82, 2.24) is 0 Å². The van der Waals surface area contributed by atoms with E-state index in [1.54, 1.807) is 0 Å². The van der Waals surface area contributed by atoms with Gasteiger partial charge in [0.2, 0.25) is 0 Å². The summed E-state index contributed by atoms with van der Waals surface area (Å²) in [5.41, 5.74) is 0. The molecule has 6 heteroatoms. The Labute approximate surface area is 106 Å². The maximum absolute atomic E-state index is 13.3. The fraction of sp³-hybridized carbons (Fsp3) is 0.455. The predicted octanol–water partition coefficient (Wildman–Crippen LogP) is 2.87. The van der Waals surface area contributed by atoms with Crippen molar-refractivity contribution in [2.75, 3.05) is 19.8 Å². The monoisotopic (exact) mass is 308 g/mol. The van der Waals surface area contributed by atoms with Crippen LogP contribution in [0, 0.1) is 11.6 Å². The van der Waals surface area contributed by atoms with Crippen LogP contribution in [0.5, 0.6) is 5.75 Å². The Morgan fingerprint density at radius 1 is 1.24 bits per heavy atom. The summed E-state index contributed by atoms with van der Waals surface area (Å²) in [5.74, 6) is -1.27. The Morgan fingerprint density at radius 2 is 1.94 bits per heavy atom. The molecule has 0 atom stereocenters. The maximum Gasteiger partial charge on any atom is 0.166 e. The van der Waals surface area contributed by atoms with Crippen LogP contribution in [0.2, 0.25) is 0 Å². The van der Waals surface area contributed by atoms with Crippen LogP contribution in [0.3, 0.4) is 0 Å². The van der Waals surface area contributed by atoms with Gasteiger partial charge in [0, 0.05) is 12.5 Å². The van der Waals surface area contributed by atoms with Crippen LogP contribution >= 0.6 is 15.9 Å². The van der Waals surface area contributed by atoms with Gasteiger partial charge in [-0.3, -0.25) is 0 Å². The Bertz CT molecular complexity index is 395. The molecular formula is C11H11BrF2O3. The zero-order valence-corrected chi connectivity index (χ0v) is 10.5. The van der Waals surface area contributed by atoms with E-state index in [2.05, 4.69) is 15.9 Å². The zero-order valence-electron chi connectivity index (χ0n) is 8.92. The topological polar surface area (TPSA) is 27.7 Å². The van der Waals surface area contributed by atoms with Gasteiger partial charge in [0.1, 0.15) is 5.82 Å². The lowest BCUT2D eigenvalue weighted by Crippen LogP contribution is -2.13. The molecule has 94 valence electrons. The normalized spacial score (nSPS) is 16.4. The molecule has 1 aromatic rings. The van der Waals surface area contributed by atoms with E-state index < -0.39 is 11.6 Å². The average Bonchev–Trinajstić information content (AvgIpc) is 2.78. The molecule has 0 amide bonds. The van der Waals surface area contributed by atoms with Gasteiger partial charge in [-0.15, -0.1) is 0 Å². The second-order valence-corrected chi connectivity index (χ2v) is 4.36. The molecule has 0 aliphatic carbocycles. The summed E-state index contributed by atoms with van der Waals surface area (Å²) < 4.78 is 42.1. The summed E-state index contributed by atoms with van der Waals surface area (Å²) in [6.07, 6.45) is 0.176. The van der Waals surface area contributed by atoms with Gasteiger partial charge in [0.25, 0.3) is 0 Å². The summed E-state index contributed by atoms with van der Waals surface area (Å²) in [6.45, 7) is 1.33. The highest BCUT2D eigenvalue weighted by atomic mass is 79.9. The first-order valence-corrected chi connectivity index (χ1v) is 5.96. The van der Waals surface area contributed by atoms with Crippen LogP contribution in [-0.4, -0.2) is 26.1 Å². The third-order valence-corrected chi connectivity index (χ3v) is 2.88. The lowest BCUT2D eigenvalue weighted by atomic mass is 10.3. The molecule has 1 fully saturated rings. The van der Waals surface area contributed by atoms with Gasteiger partial charge in [0.15, 0.2) is 17.9 Å². The summed E-state index contributed by atoms with van der Waals surface area (Å²) >= 11 is 2.89. The van der Waals surface area contributed by atoms with E-state index in [-0.39, 0.29) is 23.1 Å². The van der Waals surface area contributed by atoms with Gasteiger partial charge in [0.05, 0.1) is 24.3 Å². The number of hydrogen-bond acceptors (Lipinski definition) is 3. The minimum Gasteiger partial charge on any atom is -0.490 e. The van der Waals surface area contributed by atoms with Gasteiger partial charge < -0.3 is 14.2 Å². The van der Waals surface area contributed by atoms with Crippen LogP contribution in [0.4, 0.5) is 8.78 Å². The second kappa shape index (κ2) is 5.75. The van der Waals surface area contributed by atoms with Crippen molar-refractivity contribution >= 4 is 15.9 Å². The number of halogens is 3. The van der Waals surface area contributed by atoms with Gasteiger partial charge in [-0.1, -0.05) is 0 Å². The smallest absolute Gasteiger partial charge is 0.166 e. The Hall–Kier alpha value is -0.720. The average molecular weight is 309 g/mol.